The second-order valence-electron chi connectivity index (χ2n) is 5.75. The molecule has 2 amide bonds. The Labute approximate surface area is 155 Å². The molecule has 11 nitrogen and oxygen atoms in total. The van der Waals surface area contributed by atoms with Crippen LogP contribution in [0.1, 0.15) is 30.3 Å². The Hall–Kier alpha value is -3.02. The average Bonchev–Trinajstić information content (AvgIpc) is 3.44. The third kappa shape index (κ3) is 4.22. The lowest BCUT2D eigenvalue weighted by Gasteiger charge is -2.14. The van der Waals surface area contributed by atoms with Crippen molar-refractivity contribution in [1.82, 2.24) is 24.7 Å². The number of hydrogen-bond acceptors (Lipinski definition) is 9. The van der Waals surface area contributed by atoms with Crippen LogP contribution < -0.4 is 19.5 Å². The van der Waals surface area contributed by atoms with Crippen molar-refractivity contribution < 1.29 is 22.7 Å². The van der Waals surface area contributed by atoms with E-state index in [1.165, 1.54) is 26.5 Å². The van der Waals surface area contributed by atoms with E-state index in [1.54, 1.807) is 6.92 Å². The van der Waals surface area contributed by atoms with Crippen molar-refractivity contribution in [3.8, 4) is 11.8 Å². The lowest BCUT2D eigenvalue weighted by molar-refractivity contribution is 0.256. The van der Waals surface area contributed by atoms with Crippen LogP contribution in [0.25, 0.3) is 0 Å². The number of carbonyl (C=O) groups excluding carboxylic acids is 1. The van der Waals surface area contributed by atoms with Gasteiger partial charge in [0, 0.05) is 12.1 Å². The lowest BCUT2D eigenvalue weighted by atomic mass is 10.2. The highest BCUT2D eigenvalue weighted by Crippen LogP contribution is 2.43. The van der Waals surface area contributed by atoms with Gasteiger partial charge < -0.3 is 9.47 Å². The molecule has 0 bridgehead atoms. The Morgan fingerprint density at radius 2 is 1.93 bits per heavy atom. The summed E-state index contributed by atoms with van der Waals surface area (Å²) < 4.78 is 37.6. The lowest BCUT2D eigenvalue weighted by Crippen LogP contribution is -2.35. The molecule has 3 rings (SSSR count). The summed E-state index contributed by atoms with van der Waals surface area (Å²) in [5, 5.41) is 2.25. The molecule has 2 aromatic rings. The van der Waals surface area contributed by atoms with Crippen LogP contribution in [0.3, 0.4) is 0 Å². The number of rotatable bonds is 6. The Bertz CT molecular complexity index is 977. The van der Waals surface area contributed by atoms with Crippen LogP contribution in [-0.4, -0.2) is 48.6 Å². The molecule has 0 saturated heterocycles. The summed E-state index contributed by atoms with van der Waals surface area (Å²) in [6.07, 6.45) is 3.14. The van der Waals surface area contributed by atoms with Gasteiger partial charge in [-0.3, -0.25) is 10.3 Å². The molecule has 0 unspecified atom stereocenters. The van der Waals surface area contributed by atoms with Gasteiger partial charge >= 0.3 is 12.0 Å². The SMILES string of the molecule is COc1nc(C)nc(NC(=O)NS(=O)(=O)c2c(OC)ccnc2C2CC2)n1. The van der Waals surface area contributed by atoms with Crippen LogP contribution in [0.2, 0.25) is 0 Å². The molecule has 0 radical (unpaired) electrons. The minimum Gasteiger partial charge on any atom is -0.495 e. The van der Waals surface area contributed by atoms with E-state index >= 15 is 0 Å². The molecule has 1 aliphatic rings. The van der Waals surface area contributed by atoms with E-state index in [2.05, 4.69) is 25.3 Å². The monoisotopic (exact) mass is 394 g/mol. The number of sulfonamides is 1. The molecule has 1 saturated carbocycles. The van der Waals surface area contributed by atoms with Crippen molar-refractivity contribution in [2.75, 3.05) is 19.5 Å². The van der Waals surface area contributed by atoms with Gasteiger partial charge in [0.05, 0.1) is 19.9 Å². The van der Waals surface area contributed by atoms with Gasteiger partial charge in [0.2, 0.25) is 5.95 Å². The van der Waals surface area contributed by atoms with Gasteiger partial charge in [-0.1, -0.05) is 0 Å². The summed E-state index contributed by atoms with van der Waals surface area (Å²) in [6, 6.07) is 0.388. The van der Waals surface area contributed by atoms with E-state index in [1.807, 2.05) is 4.72 Å². The second kappa shape index (κ2) is 7.31. The third-order valence-electron chi connectivity index (χ3n) is 3.71. The predicted octanol–water partition coefficient (Wildman–Crippen LogP) is 0.980. The molecule has 144 valence electrons. The first-order chi connectivity index (χ1) is 12.8. The van der Waals surface area contributed by atoms with Gasteiger partial charge in [-0.25, -0.2) is 17.9 Å². The number of urea groups is 1. The molecule has 2 N–H and O–H groups in total. The number of nitrogens with one attached hydrogen (secondary N) is 2. The Morgan fingerprint density at radius 3 is 2.56 bits per heavy atom. The largest absolute Gasteiger partial charge is 0.495 e. The molecule has 0 spiro atoms. The quantitative estimate of drug-likeness (QED) is 0.732. The van der Waals surface area contributed by atoms with E-state index in [0.29, 0.717) is 11.5 Å². The summed E-state index contributed by atoms with van der Waals surface area (Å²) in [6.45, 7) is 1.58. The molecule has 0 aromatic carbocycles. The molecular weight excluding hydrogens is 376 g/mol. The molecule has 27 heavy (non-hydrogen) atoms. The second-order valence-corrected chi connectivity index (χ2v) is 7.37. The van der Waals surface area contributed by atoms with Crippen molar-refractivity contribution in [2.24, 2.45) is 0 Å². The summed E-state index contributed by atoms with van der Waals surface area (Å²) in [7, 11) is -1.53. The summed E-state index contributed by atoms with van der Waals surface area (Å²) >= 11 is 0. The number of aromatic nitrogens is 4. The fraction of sp³-hybridized carbons (Fsp3) is 0.400. The fourth-order valence-electron chi connectivity index (χ4n) is 2.43. The van der Waals surface area contributed by atoms with E-state index in [4.69, 9.17) is 9.47 Å². The van der Waals surface area contributed by atoms with Gasteiger partial charge in [0.15, 0.2) is 4.90 Å². The molecule has 2 heterocycles. The molecule has 1 fully saturated rings. The van der Waals surface area contributed by atoms with E-state index in [-0.39, 0.29) is 28.5 Å². The zero-order valence-corrected chi connectivity index (χ0v) is 15.7. The molecule has 0 aliphatic heterocycles. The number of pyridine rings is 1. The summed E-state index contributed by atoms with van der Waals surface area (Å²) in [5.74, 6) is 0.299. The van der Waals surface area contributed by atoms with Gasteiger partial charge in [-0.15, -0.1) is 0 Å². The number of nitrogens with zero attached hydrogens (tertiary/aromatic N) is 4. The highest BCUT2D eigenvalue weighted by molar-refractivity contribution is 7.90. The number of anilines is 1. The number of amides is 2. The maximum absolute atomic E-state index is 12.8. The van der Waals surface area contributed by atoms with Crippen LogP contribution in [0.4, 0.5) is 10.7 Å². The molecule has 1 aliphatic carbocycles. The number of ether oxygens (including phenoxy) is 2. The van der Waals surface area contributed by atoms with E-state index in [0.717, 1.165) is 12.8 Å². The Balaban J connectivity index is 1.85. The van der Waals surface area contributed by atoms with Crippen molar-refractivity contribution >= 4 is 22.0 Å². The summed E-state index contributed by atoms with van der Waals surface area (Å²) in [4.78, 5) is 27.8. The number of aryl methyl sites for hydroxylation is 1. The van der Waals surface area contributed by atoms with Crippen LogP contribution in [0, 0.1) is 6.92 Å². The first-order valence-electron chi connectivity index (χ1n) is 7.97. The molecule has 12 heteroatoms. The van der Waals surface area contributed by atoms with Crippen LogP contribution in [-0.2, 0) is 10.0 Å². The van der Waals surface area contributed by atoms with Gasteiger partial charge in [-0.2, -0.15) is 15.0 Å². The van der Waals surface area contributed by atoms with E-state index < -0.39 is 16.1 Å². The average molecular weight is 394 g/mol. The Kier molecular flexibility index (Phi) is 5.08. The minimum absolute atomic E-state index is 0.00870. The van der Waals surface area contributed by atoms with Gasteiger partial charge in [-0.05, 0) is 25.8 Å². The topological polar surface area (TPSA) is 145 Å². The van der Waals surface area contributed by atoms with Crippen LogP contribution >= 0.6 is 0 Å². The van der Waals surface area contributed by atoms with Crippen molar-refractivity contribution in [2.45, 2.75) is 30.6 Å². The number of carbonyl (C=O) groups is 1. The fourth-order valence-corrected chi connectivity index (χ4v) is 3.74. The highest BCUT2D eigenvalue weighted by atomic mass is 32.2. The molecular formula is C15H18N6O5S. The van der Waals surface area contributed by atoms with Gasteiger partial charge in [0.25, 0.3) is 10.0 Å². The first-order valence-corrected chi connectivity index (χ1v) is 9.45. The van der Waals surface area contributed by atoms with Crippen LogP contribution in [0.15, 0.2) is 17.2 Å². The Morgan fingerprint density at radius 1 is 1.19 bits per heavy atom. The first kappa shape index (κ1) is 18.8. The van der Waals surface area contributed by atoms with Crippen molar-refractivity contribution in [3.63, 3.8) is 0 Å². The van der Waals surface area contributed by atoms with Crippen molar-refractivity contribution in [3.05, 3.63) is 23.8 Å². The predicted molar refractivity (Wildman–Crippen MR) is 93.2 cm³/mol. The number of hydrogen-bond donors (Lipinski definition) is 2. The zero-order valence-electron chi connectivity index (χ0n) is 14.9. The summed E-state index contributed by atoms with van der Waals surface area (Å²) in [5.41, 5.74) is 0.382. The standard InChI is InChI=1S/C15H18N6O5S/c1-8-17-13(20-15(18-8)26-3)19-14(22)21-27(23,24)12-10(25-2)6-7-16-11(12)9-4-5-9/h6-7,9H,4-5H2,1-3H3,(H2,17,18,19,20,21,22). The smallest absolute Gasteiger partial charge is 0.335 e. The third-order valence-corrected chi connectivity index (χ3v) is 5.11. The minimum atomic E-state index is -4.24. The van der Waals surface area contributed by atoms with E-state index in [9.17, 15) is 13.2 Å². The molecule has 0 atom stereocenters. The van der Waals surface area contributed by atoms with Gasteiger partial charge in [0.1, 0.15) is 11.6 Å². The van der Waals surface area contributed by atoms with Crippen LogP contribution in [0.5, 0.6) is 11.8 Å². The normalized spacial score (nSPS) is 13.7. The maximum atomic E-state index is 12.8. The zero-order chi connectivity index (χ0) is 19.6. The highest BCUT2D eigenvalue weighted by Gasteiger charge is 2.35. The maximum Gasteiger partial charge on any atom is 0.335 e. The number of methoxy groups -OCH3 is 2. The van der Waals surface area contributed by atoms with Crippen molar-refractivity contribution in [1.29, 1.82) is 0 Å². The molecule has 2 aromatic heterocycles.